The van der Waals surface area contributed by atoms with Crippen LogP contribution in [0.5, 0.6) is 0 Å². The van der Waals surface area contributed by atoms with Crippen molar-refractivity contribution in [2.24, 2.45) is 0 Å². The second-order valence-electron chi connectivity index (χ2n) is 0.803. The zero-order chi connectivity index (χ0) is 6.08. The lowest BCUT2D eigenvalue weighted by molar-refractivity contribution is -0.192. The van der Waals surface area contributed by atoms with Gasteiger partial charge in [0.2, 0.25) is 0 Å². The van der Waals surface area contributed by atoms with Crippen LogP contribution in [0.4, 0.5) is 13.2 Å². The molecule has 0 saturated heterocycles. The van der Waals surface area contributed by atoms with Gasteiger partial charge in [0.25, 0.3) is 0 Å². The summed E-state index contributed by atoms with van der Waals surface area (Å²) in [6.45, 7) is 0. The average Bonchev–Trinajstić information content (AvgIpc) is 1.31. The predicted octanol–water partition coefficient (Wildman–Crippen LogP) is 1.33. The summed E-state index contributed by atoms with van der Waals surface area (Å²) in [7, 11) is 0. The molecule has 0 radical (unpaired) electrons. The quantitative estimate of drug-likeness (QED) is 0.669. The van der Waals surface area contributed by atoms with Crippen LogP contribution < -0.4 is 0 Å². The maximum atomic E-state index is 10.6. The Hall–Kier alpha value is 0.600. The molecule has 0 aliphatic rings. The number of carbonyl (C=O) groups is 1. The first kappa shape index (κ1) is 22.4. The van der Waals surface area contributed by atoms with Crippen LogP contribution in [0.15, 0.2) is 0 Å². The minimum atomic E-state index is -5.08. The van der Waals surface area contributed by atoms with Gasteiger partial charge in [0.15, 0.2) is 0 Å². The van der Waals surface area contributed by atoms with E-state index in [2.05, 4.69) is 0 Å². The third-order valence-electron chi connectivity index (χ3n) is 0.243. The molecule has 0 spiro atoms. The summed E-state index contributed by atoms with van der Waals surface area (Å²) in [6, 6.07) is 0. The smallest absolute Gasteiger partial charge is 0.475 e. The summed E-state index contributed by atoms with van der Waals surface area (Å²) in [5.74, 6) is -2.76. The highest BCUT2D eigenvalue weighted by molar-refractivity contribution is 8.93. The van der Waals surface area contributed by atoms with Crippen molar-refractivity contribution in [3.63, 3.8) is 0 Å². The molecule has 1 N–H and O–H groups in total. The maximum Gasteiger partial charge on any atom is 0.490 e. The molecular weight excluding hydrogens is 255 g/mol. The molecule has 0 aromatic heterocycles. The highest BCUT2D eigenvalue weighted by Crippen LogP contribution is 2.13. The van der Waals surface area contributed by atoms with Crippen LogP contribution in [0.2, 0.25) is 0 Å². The predicted molar refractivity (Wildman–Crippen MR) is 46.2 cm³/mol. The van der Waals surface area contributed by atoms with Crippen molar-refractivity contribution in [3.05, 3.63) is 0 Å². The molecule has 0 bridgehead atoms. The van der Waals surface area contributed by atoms with Crippen molar-refractivity contribution in [3.8, 4) is 0 Å². The molecule has 0 saturated carbocycles. The Morgan fingerprint density at radius 1 is 1.20 bits per heavy atom. The first-order chi connectivity index (χ1) is 2.94. The molecule has 0 rings (SSSR count). The van der Waals surface area contributed by atoms with Gasteiger partial charge in [-0.2, -0.15) is 33.0 Å². The fraction of sp³-hybridized carbons (Fsp3) is 0.500. The highest BCUT2D eigenvalue weighted by Gasteiger charge is 2.38. The molecule has 66 valence electrons. The van der Waals surface area contributed by atoms with Crippen LogP contribution >= 0.6 is 36.8 Å². The lowest BCUT2D eigenvalue weighted by atomic mass is 10.7. The molecule has 0 aromatic carbocycles. The Bertz CT molecular complexity index is 95.0. The van der Waals surface area contributed by atoms with Gasteiger partial charge in [-0.05, 0) is 0 Å². The zero-order valence-corrected chi connectivity index (χ0v) is 9.35. The van der Waals surface area contributed by atoms with Crippen LogP contribution in [-0.4, -0.2) is 17.3 Å². The lowest BCUT2D eigenvalue weighted by Crippen LogP contribution is -2.21. The van der Waals surface area contributed by atoms with E-state index in [9.17, 15) is 13.2 Å². The van der Waals surface area contributed by atoms with Gasteiger partial charge in [0.1, 0.15) is 0 Å². The van der Waals surface area contributed by atoms with E-state index in [4.69, 9.17) is 9.90 Å². The van der Waals surface area contributed by atoms with Gasteiger partial charge < -0.3 is 5.11 Å². The summed E-state index contributed by atoms with van der Waals surface area (Å²) in [5, 5.41) is 7.12. The van der Waals surface area contributed by atoms with E-state index in [-0.39, 0.29) is 36.8 Å². The average molecular weight is 263 g/mol. The van der Waals surface area contributed by atoms with Crippen LogP contribution in [0.25, 0.3) is 0 Å². The largest absolute Gasteiger partial charge is 0.490 e. The molecule has 0 aliphatic heterocycles. The van der Waals surface area contributed by atoms with Crippen LogP contribution in [0.1, 0.15) is 0 Å². The molecule has 0 heterocycles. The van der Waals surface area contributed by atoms with E-state index in [1.807, 2.05) is 0 Å². The maximum absolute atomic E-state index is 10.6. The molecular formula is C2H8BrF3O2P2. The molecule has 8 heteroatoms. The summed E-state index contributed by atoms with van der Waals surface area (Å²) in [4.78, 5) is 8.90. The molecule has 0 aliphatic carbocycles. The molecule has 2 unspecified atom stereocenters. The third-order valence-corrected chi connectivity index (χ3v) is 0.243. The van der Waals surface area contributed by atoms with E-state index in [0.29, 0.717) is 0 Å². The lowest BCUT2D eigenvalue weighted by Gasteiger charge is -1.93. The number of carboxylic acids is 1. The van der Waals surface area contributed by atoms with E-state index in [1.54, 1.807) is 0 Å². The second kappa shape index (κ2) is 7.70. The second-order valence-corrected chi connectivity index (χ2v) is 0.803. The number of aliphatic carboxylic acids is 1. The number of alkyl halides is 3. The van der Waals surface area contributed by atoms with E-state index in [1.165, 1.54) is 0 Å². The van der Waals surface area contributed by atoms with Crippen molar-refractivity contribution < 1.29 is 23.1 Å². The Balaban J connectivity index is -0.0000000600. The number of hydrogen-bond donors (Lipinski definition) is 1. The molecule has 0 amide bonds. The SMILES string of the molecule is Br.O=C(O)C(F)(F)F.P.P. The number of carboxylic acid groups (broad SMARTS) is 1. The van der Waals surface area contributed by atoms with E-state index < -0.39 is 12.1 Å². The van der Waals surface area contributed by atoms with Crippen molar-refractivity contribution in [1.82, 2.24) is 0 Å². The fourth-order valence-electron chi connectivity index (χ4n) is 0. The fourth-order valence-corrected chi connectivity index (χ4v) is 0. The van der Waals surface area contributed by atoms with Gasteiger partial charge in [-0.1, -0.05) is 0 Å². The van der Waals surface area contributed by atoms with E-state index in [0.717, 1.165) is 0 Å². The summed E-state index contributed by atoms with van der Waals surface area (Å²) < 4.78 is 31.7. The standard InChI is InChI=1S/C2HF3O2.BrH.2H3P/c3-2(4,5)1(6)7;;;/h(H,6,7);1H;2*1H3. The Morgan fingerprint density at radius 3 is 1.30 bits per heavy atom. The van der Waals surface area contributed by atoms with Gasteiger partial charge >= 0.3 is 12.1 Å². The monoisotopic (exact) mass is 262 g/mol. The summed E-state index contributed by atoms with van der Waals surface area (Å²) in [6.07, 6.45) is -5.08. The zero-order valence-electron chi connectivity index (χ0n) is 4.81. The number of hydrogen-bond acceptors (Lipinski definition) is 1. The normalized spacial score (nSPS) is 7.90. The van der Waals surface area contributed by atoms with Gasteiger partial charge in [-0.3, -0.25) is 0 Å². The van der Waals surface area contributed by atoms with E-state index >= 15 is 0 Å². The molecule has 0 aromatic rings. The third kappa shape index (κ3) is 11.4. The van der Waals surface area contributed by atoms with Crippen molar-refractivity contribution >= 4 is 42.7 Å². The van der Waals surface area contributed by atoms with Crippen molar-refractivity contribution in [2.75, 3.05) is 0 Å². The molecule has 0 fully saturated rings. The van der Waals surface area contributed by atoms with Crippen LogP contribution in [0.3, 0.4) is 0 Å². The highest BCUT2D eigenvalue weighted by atomic mass is 79.9. The molecule has 2 atom stereocenters. The molecule has 2 nitrogen and oxygen atoms in total. The summed E-state index contributed by atoms with van der Waals surface area (Å²) >= 11 is 0. The number of halogens is 4. The van der Waals surface area contributed by atoms with Crippen molar-refractivity contribution in [1.29, 1.82) is 0 Å². The first-order valence-electron chi connectivity index (χ1n) is 1.24. The summed E-state index contributed by atoms with van der Waals surface area (Å²) in [5.41, 5.74) is 0. The Labute approximate surface area is 72.6 Å². The minimum absolute atomic E-state index is 0. The van der Waals surface area contributed by atoms with Crippen LogP contribution in [-0.2, 0) is 4.79 Å². The van der Waals surface area contributed by atoms with Crippen molar-refractivity contribution in [2.45, 2.75) is 6.18 Å². The van der Waals surface area contributed by atoms with Gasteiger partial charge in [-0.25, -0.2) is 4.79 Å². The van der Waals surface area contributed by atoms with Gasteiger partial charge in [0, 0.05) is 0 Å². The van der Waals surface area contributed by atoms with Gasteiger partial charge in [-0.15, -0.1) is 17.0 Å². The van der Waals surface area contributed by atoms with Crippen LogP contribution in [0, 0.1) is 0 Å². The Morgan fingerprint density at radius 2 is 1.30 bits per heavy atom. The first-order valence-corrected chi connectivity index (χ1v) is 1.24. The molecule has 10 heavy (non-hydrogen) atoms. The minimum Gasteiger partial charge on any atom is -0.475 e. The Kier molecular flexibility index (Phi) is 17.3. The number of rotatable bonds is 0. The van der Waals surface area contributed by atoms with Gasteiger partial charge in [0.05, 0.1) is 0 Å². The topological polar surface area (TPSA) is 37.3 Å².